The van der Waals surface area contributed by atoms with Crippen LogP contribution in [0.1, 0.15) is 12.0 Å². The zero-order chi connectivity index (χ0) is 18.4. The summed E-state index contributed by atoms with van der Waals surface area (Å²) in [7, 11) is 0. The number of carbonyl (C=O) groups excluding carboxylic acids is 1. The van der Waals surface area contributed by atoms with Crippen LogP contribution in [0.5, 0.6) is 0 Å². The van der Waals surface area contributed by atoms with Crippen molar-refractivity contribution in [3.63, 3.8) is 0 Å². The molecule has 1 aliphatic heterocycles. The number of fused-ring (bicyclic) bond motifs is 1. The third-order valence-electron chi connectivity index (χ3n) is 4.50. The number of rotatable bonds is 3. The van der Waals surface area contributed by atoms with Gasteiger partial charge in [-0.3, -0.25) is 9.59 Å². The molecule has 1 amide bonds. The van der Waals surface area contributed by atoms with Crippen molar-refractivity contribution in [2.45, 2.75) is 13.3 Å². The highest BCUT2D eigenvalue weighted by Gasteiger charge is 2.36. The van der Waals surface area contributed by atoms with Crippen LogP contribution in [-0.4, -0.2) is 28.5 Å². The van der Waals surface area contributed by atoms with Gasteiger partial charge in [-0.15, -0.1) is 0 Å². The van der Waals surface area contributed by atoms with Crippen LogP contribution in [0, 0.1) is 12.8 Å². The van der Waals surface area contributed by atoms with Crippen molar-refractivity contribution < 1.29 is 19.1 Å². The summed E-state index contributed by atoms with van der Waals surface area (Å²) in [4.78, 5) is 29.3. The molecule has 0 bridgehead atoms. The molecule has 2 aromatic carbocycles. The summed E-state index contributed by atoms with van der Waals surface area (Å²) in [6, 6.07) is 10.9. The molecule has 0 aliphatic carbocycles. The van der Waals surface area contributed by atoms with E-state index in [1.807, 2.05) is 25.1 Å². The number of carboxylic acids is 1. The van der Waals surface area contributed by atoms with Gasteiger partial charge in [0, 0.05) is 18.5 Å². The first kappa shape index (κ1) is 16.6. The van der Waals surface area contributed by atoms with Crippen LogP contribution in [0.2, 0.25) is 5.02 Å². The summed E-state index contributed by atoms with van der Waals surface area (Å²) in [6.45, 7) is 2.08. The second kappa shape index (κ2) is 6.14. The highest BCUT2D eigenvalue weighted by atomic mass is 35.5. The Hall–Kier alpha value is -2.86. The Bertz CT molecular complexity index is 1040. The number of benzene rings is 2. The maximum Gasteiger partial charge on any atom is 0.308 e. The van der Waals surface area contributed by atoms with Gasteiger partial charge in [-0.05, 0) is 42.8 Å². The number of hydrogen-bond donors (Lipinski definition) is 1. The van der Waals surface area contributed by atoms with Gasteiger partial charge in [0.2, 0.25) is 11.8 Å². The van der Waals surface area contributed by atoms with Crippen LogP contribution in [0.25, 0.3) is 22.6 Å². The van der Waals surface area contributed by atoms with Crippen LogP contribution >= 0.6 is 11.6 Å². The number of aromatic nitrogens is 1. The SMILES string of the molecule is Cc1ccc2oc(-c3ccc(Cl)c(N4C[C@H](C(=O)O)CC4=O)c3)nc2c1. The Labute approximate surface area is 154 Å². The van der Waals surface area contributed by atoms with Crippen LogP contribution in [0.4, 0.5) is 5.69 Å². The minimum atomic E-state index is -0.984. The van der Waals surface area contributed by atoms with Gasteiger partial charge >= 0.3 is 5.97 Å². The Morgan fingerprint density at radius 3 is 2.85 bits per heavy atom. The van der Waals surface area contributed by atoms with Gasteiger partial charge in [-0.1, -0.05) is 17.7 Å². The molecule has 1 atom stereocenters. The minimum absolute atomic E-state index is 0.0297. The van der Waals surface area contributed by atoms with Crippen molar-refractivity contribution >= 4 is 40.3 Å². The predicted molar refractivity (Wildman–Crippen MR) is 97.3 cm³/mol. The fourth-order valence-corrected chi connectivity index (χ4v) is 3.34. The summed E-state index contributed by atoms with van der Waals surface area (Å²) in [5, 5.41) is 9.54. The molecule has 0 saturated carbocycles. The molecule has 2 heterocycles. The van der Waals surface area contributed by atoms with Crippen LogP contribution in [0.15, 0.2) is 40.8 Å². The summed E-state index contributed by atoms with van der Waals surface area (Å²) in [6.07, 6.45) is -0.0297. The van der Waals surface area contributed by atoms with E-state index in [4.69, 9.17) is 21.1 Å². The van der Waals surface area contributed by atoms with Crippen molar-refractivity contribution in [2.75, 3.05) is 11.4 Å². The Balaban J connectivity index is 1.74. The van der Waals surface area contributed by atoms with E-state index in [0.29, 0.717) is 27.7 Å². The fraction of sp³-hybridized carbons (Fsp3) is 0.211. The topological polar surface area (TPSA) is 83.6 Å². The van der Waals surface area contributed by atoms with Gasteiger partial charge in [0.25, 0.3) is 0 Å². The van der Waals surface area contributed by atoms with Crippen LogP contribution < -0.4 is 4.90 Å². The lowest BCUT2D eigenvalue weighted by Gasteiger charge is -2.18. The molecule has 1 saturated heterocycles. The number of aliphatic carboxylic acids is 1. The third-order valence-corrected chi connectivity index (χ3v) is 4.82. The smallest absolute Gasteiger partial charge is 0.308 e. The lowest BCUT2D eigenvalue weighted by molar-refractivity contribution is -0.141. The first-order valence-corrected chi connectivity index (χ1v) is 8.50. The van der Waals surface area contributed by atoms with E-state index >= 15 is 0 Å². The van der Waals surface area contributed by atoms with Gasteiger partial charge in [0.15, 0.2) is 5.58 Å². The van der Waals surface area contributed by atoms with E-state index in [9.17, 15) is 9.59 Å². The molecule has 3 aromatic rings. The van der Waals surface area contributed by atoms with E-state index in [1.54, 1.807) is 18.2 Å². The summed E-state index contributed by atoms with van der Waals surface area (Å²) in [5.74, 6) is -1.55. The summed E-state index contributed by atoms with van der Waals surface area (Å²) >= 11 is 6.26. The van der Waals surface area contributed by atoms with Gasteiger partial charge in [0.05, 0.1) is 16.6 Å². The van der Waals surface area contributed by atoms with E-state index in [0.717, 1.165) is 11.1 Å². The van der Waals surface area contributed by atoms with Crippen LogP contribution in [0.3, 0.4) is 0 Å². The van der Waals surface area contributed by atoms with Gasteiger partial charge in [-0.2, -0.15) is 0 Å². The zero-order valence-electron chi connectivity index (χ0n) is 13.9. The van der Waals surface area contributed by atoms with E-state index < -0.39 is 11.9 Å². The number of nitrogens with zero attached hydrogens (tertiary/aromatic N) is 2. The lowest BCUT2D eigenvalue weighted by atomic mass is 10.1. The molecular weight excluding hydrogens is 356 g/mol. The van der Waals surface area contributed by atoms with E-state index in [1.165, 1.54) is 4.90 Å². The molecule has 1 aliphatic rings. The maximum atomic E-state index is 12.2. The van der Waals surface area contributed by atoms with Crippen molar-refractivity contribution in [3.8, 4) is 11.5 Å². The number of halogens is 1. The number of hydrogen-bond acceptors (Lipinski definition) is 4. The molecule has 0 radical (unpaired) electrons. The standard InChI is InChI=1S/C19H15ClN2O4/c1-10-2-5-16-14(6-10)21-18(26-16)11-3-4-13(20)15(7-11)22-9-12(19(24)25)8-17(22)23/h2-7,12H,8-9H2,1H3,(H,24,25)/t12-/m1/s1. The van der Waals surface area contributed by atoms with Crippen molar-refractivity contribution in [3.05, 3.63) is 47.0 Å². The molecule has 1 fully saturated rings. The van der Waals surface area contributed by atoms with Crippen LogP contribution in [-0.2, 0) is 9.59 Å². The van der Waals surface area contributed by atoms with Crippen molar-refractivity contribution in [1.82, 2.24) is 4.98 Å². The first-order chi connectivity index (χ1) is 12.4. The van der Waals surface area contributed by atoms with Gasteiger partial charge in [0.1, 0.15) is 5.52 Å². The average molecular weight is 371 g/mol. The van der Waals surface area contributed by atoms with E-state index in [-0.39, 0.29) is 18.9 Å². The van der Waals surface area contributed by atoms with Gasteiger partial charge in [-0.25, -0.2) is 4.98 Å². The Morgan fingerprint density at radius 1 is 1.31 bits per heavy atom. The highest BCUT2D eigenvalue weighted by Crippen LogP contribution is 2.35. The number of aryl methyl sites for hydroxylation is 1. The number of carbonyl (C=O) groups is 2. The monoisotopic (exact) mass is 370 g/mol. The number of anilines is 1. The predicted octanol–water partition coefficient (Wildman–Crippen LogP) is 3.89. The quantitative estimate of drug-likeness (QED) is 0.756. The zero-order valence-corrected chi connectivity index (χ0v) is 14.7. The fourth-order valence-electron chi connectivity index (χ4n) is 3.12. The molecule has 0 spiro atoms. The van der Waals surface area contributed by atoms with Crippen molar-refractivity contribution in [1.29, 1.82) is 0 Å². The summed E-state index contributed by atoms with van der Waals surface area (Å²) in [5.41, 5.74) is 3.64. The minimum Gasteiger partial charge on any atom is -0.481 e. The van der Waals surface area contributed by atoms with E-state index in [2.05, 4.69) is 4.98 Å². The lowest BCUT2D eigenvalue weighted by Crippen LogP contribution is -2.26. The Morgan fingerprint density at radius 2 is 2.12 bits per heavy atom. The molecule has 1 aromatic heterocycles. The average Bonchev–Trinajstić information content (AvgIpc) is 3.18. The maximum absolute atomic E-state index is 12.2. The number of carboxylic acid groups (broad SMARTS) is 1. The van der Waals surface area contributed by atoms with Gasteiger partial charge < -0.3 is 14.4 Å². The molecule has 26 heavy (non-hydrogen) atoms. The molecule has 1 N–H and O–H groups in total. The number of oxazole rings is 1. The molecule has 6 nitrogen and oxygen atoms in total. The molecule has 4 rings (SSSR count). The first-order valence-electron chi connectivity index (χ1n) is 8.12. The highest BCUT2D eigenvalue weighted by molar-refractivity contribution is 6.34. The largest absolute Gasteiger partial charge is 0.481 e. The third kappa shape index (κ3) is 2.82. The molecular formula is C19H15ClN2O4. The normalized spacial score (nSPS) is 17.2. The number of amides is 1. The Kier molecular flexibility index (Phi) is 3.92. The molecule has 132 valence electrons. The van der Waals surface area contributed by atoms with Crippen molar-refractivity contribution in [2.24, 2.45) is 5.92 Å². The summed E-state index contributed by atoms with van der Waals surface area (Å²) < 4.78 is 5.80. The second-order valence-corrected chi connectivity index (χ2v) is 6.81. The second-order valence-electron chi connectivity index (χ2n) is 6.40. The molecule has 7 heteroatoms. The molecule has 0 unspecified atom stereocenters.